The maximum Gasteiger partial charge on any atom is 0.249 e. The van der Waals surface area contributed by atoms with E-state index in [2.05, 4.69) is 60.6 Å². The predicted molar refractivity (Wildman–Crippen MR) is 212 cm³/mol. The number of benzene rings is 1. The number of ether oxygens (including phenoxy) is 2. The zero-order chi connectivity index (χ0) is 39.0. The zero-order valence-electron chi connectivity index (χ0n) is 32.4. The van der Waals surface area contributed by atoms with Gasteiger partial charge in [0.25, 0.3) is 0 Å². The number of aromatic nitrogens is 3. The van der Waals surface area contributed by atoms with E-state index in [0.717, 1.165) is 98.2 Å². The van der Waals surface area contributed by atoms with Crippen LogP contribution in [-0.2, 0) is 29.5 Å². The van der Waals surface area contributed by atoms with Crippen molar-refractivity contribution >= 4 is 45.8 Å². The van der Waals surface area contributed by atoms with E-state index in [1.165, 1.54) is 13.0 Å². The minimum Gasteiger partial charge on any atom is -0.378 e. The van der Waals surface area contributed by atoms with Gasteiger partial charge in [-0.1, -0.05) is 0 Å². The lowest BCUT2D eigenvalue weighted by atomic mass is 9.94. The molecule has 13 nitrogen and oxygen atoms in total. The number of likely N-dealkylation sites (tertiary alicyclic amines) is 1. The SMILES string of the molecule is CO[C@@]1(c2cc(C)cc(-c3cn(C4CCN(CC5CCN(c6ccc(NC7CCC(=O)NC7=O)cc6F)CC5)CC4)c4cnc(NC(C)=O)cc34)n2)CCOC1. The summed E-state index contributed by atoms with van der Waals surface area (Å²) in [6.45, 7) is 9.24. The third-order valence-electron chi connectivity index (χ3n) is 12.1. The van der Waals surface area contributed by atoms with Crippen LogP contribution in [0.4, 0.5) is 21.6 Å². The third-order valence-corrected chi connectivity index (χ3v) is 12.1. The van der Waals surface area contributed by atoms with Gasteiger partial charge in [0.05, 0.1) is 35.4 Å². The molecule has 4 saturated heterocycles. The molecule has 8 rings (SSSR count). The number of nitrogens with zero attached hydrogens (tertiary/aromatic N) is 5. The van der Waals surface area contributed by atoms with Crippen molar-refractivity contribution in [1.29, 1.82) is 0 Å². The number of halogens is 1. The van der Waals surface area contributed by atoms with Crippen LogP contribution in [0.5, 0.6) is 0 Å². The largest absolute Gasteiger partial charge is 0.378 e. The molecule has 4 aliphatic rings. The molecule has 2 atom stereocenters. The molecular formula is C42H51FN8O5. The molecule has 4 fully saturated rings. The van der Waals surface area contributed by atoms with Crippen LogP contribution in [0.2, 0.25) is 0 Å². The van der Waals surface area contributed by atoms with Crippen molar-refractivity contribution in [2.24, 2.45) is 5.92 Å². The van der Waals surface area contributed by atoms with Crippen LogP contribution in [0.1, 0.15) is 69.2 Å². The highest BCUT2D eigenvalue weighted by molar-refractivity contribution is 6.01. The smallest absolute Gasteiger partial charge is 0.249 e. The maximum atomic E-state index is 15.3. The average molecular weight is 767 g/mol. The molecule has 0 bridgehead atoms. The second kappa shape index (κ2) is 15.9. The van der Waals surface area contributed by atoms with E-state index in [0.29, 0.717) is 42.7 Å². The van der Waals surface area contributed by atoms with E-state index in [1.54, 1.807) is 13.2 Å². The highest BCUT2D eigenvalue weighted by Gasteiger charge is 2.39. The highest BCUT2D eigenvalue weighted by Crippen LogP contribution is 2.39. The Hall–Kier alpha value is -4.92. The molecule has 4 aliphatic heterocycles. The van der Waals surface area contributed by atoms with Gasteiger partial charge in [-0.05, 0) is 86.9 Å². The molecule has 296 valence electrons. The van der Waals surface area contributed by atoms with E-state index in [-0.39, 0.29) is 36.0 Å². The quantitative estimate of drug-likeness (QED) is 0.176. The Morgan fingerprint density at radius 1 is 1.07 bits per heavy atom. The molecule has 4 aromatic rings. The second-order valence-corrected chi connectivity index (χ2v) is 15.9. The van der Waals surface area contributed by atoms with Gasteiger partial charge in [0, 0.05) is 95.1 Å². The molecule has 0 aliphatic carbocycles. The number of hydrogen-bond acceptors (Lipinski definition) is 10. The van der Waals surface area contributed by atoms with Crippen molar-refractivity contribution in [2.75, 3.05) is 68.6 Å². The number of carbonyl (C=O) groups excluding carboxylic acids is 3. The molecule has 0 radical (unpaired) electrons. The summed E-state index contributed by atoms with van der Waals surface area (Å²) in [4.78, 5) is 50.1. The summed E-state index contributed by atoms with van der Waals surface area (Å²) in [5.74, 6) is -0.0825. The van der Waals surface area contributed by atoms with Gasteiger partial charge >= 0.3 is 0 Å². The summed E-state index contributed by atoms with van der Waals surface area (Å²) in [5, 5.41) is 9.26. The Morgan fingerprint density at radius 2 is 1.88 bits per heavy atom. The number of nitrogens with one attached hydrogen (secondary N) is 3. The number of amides is 3. The number of imide groups is 1. The summed E-state index contributed by atoms with van der Waals surface area (Å²) in [5.41, 5.74) is 5.36. The van der Waals surface area contributed by atoms with Crippen molar-refractivity contribution in [1.82, 2.24) is 24.8 Å². The first-order valence-electron chi connectivity index (χ1n) is 19.8. The highest BCUT2D eigenvalue weighted by atomic mass is 19.1. The molecule has 14 heteroatoms. The molecule has 0 spiro atoms. The van der Waals surface area contributed by atoms with Crippen LogP contribution >= 0.6 is 0 Å². The minimum absolute atomic E-state index is 0.169. The maximum absolute atomic E-state index is 15.3. The Labute approximate surface area is 326 Å². The molecular weight excluding hydrogens is 716 g/mol. The van der Waals surface area contributed by atoms with Gasteiger partial charge in [-0.15, -0.1) is 0 Å². The summed E-state index contributed by atoms with van der Waals surface area (Å²) in [6, 6.07) is 10.9. The van der Waals surface area contributed by atoms with Gasteiger partial charge in [0.2, 0.25) is 17.7 Å². The normalized spacial score (nSPS) is 22.8. The van der Waals surface area contributed by atoms with Crippen LogP contribution in [-0.4, -0.2) is 96.2 Å². The molecule has 56 heavy (non-hydrogen) atoms. The number of piperidine rings is 3. The Kier molecular flexibility index (Phi) is 10.8. The van der Waals surface area contributed by atoms with Crippen LogP contribution < -0.4 is 20.9 Å². The van der Waals surface area contributed by atoms with Crippen LogP contribution in [0.3, 0.4) is 0 Å². The van der Waals surface area contributed by atoms with Gasteiger partial charge in [-0.2, -0.15) is 0 Å². The molecule has 1 unspecified atom stereocenters. The summed E-state index contributed by atoms with van der Waals surface area (Å²) in [6.07, 6.45) is 9.46. The van der Waals surface area contributed by atoms with Crippen molar-refractivity contribution in [3.63, 3.8) is 0 Å². The fraction of sp³-hybridized carbons (Fsp3) is 0.500. The number of hydrogen-bond donors (Lipinski definition) is 3. The van der Waals surface area contributed by atoms with Crippen molar-refractivity contribution < 1.29 is 28.2 Å². The van der Waals surface area contributed by atoms with Crippen LogP contribution in [0.15, 0.2) is 48.8 Å². The van der Waals surface area contributed by atoms with E-state index >= 15 is 4.39 Å². The fourth-order valence-electron chi connectivity index (χ4n) is 8.94. The van der Waals surface area contributed by atoms with Crippen LogP contribution in [0.25, 0.3) is 22.2 Å². The monoisotopic (exact) mass is 766 g/mol. The summed E-state index contributed by atoms with van der Waals surface area (Å²) in [7, 11) is 1.72. The first-order chi connectivity index (χ1) is 27.1. The number of methoxy groups -OCH3 is 1. The molecule has 3 aromatic heterocycles. The van der Waals surface area contributed by atoms with Gasteiger partial charge in [-0.3, -0.25) is 19.7 Å². The summed E-state index contributed by atoms with van der Waals surface area (Å²) < 4.78 is 29.4. The van der Waals surface area contributed by atoms with E-state index in [9.17, 15) is 14.4 Å². The number of fused-ring (bicyclic) bond motifs is 1. The van der Waals surface area contributed by atoms with Crippen molar-refractivity contribution in [2.45, 2.75) is 76.5 Å². The standard InChI is InChI=1S/C42H51FN8O5/c1-26-18-35(47-38(19-26)42(55-3)12-17-56-25-42)32-24-51(37-22-44-39(21-31(32)37)45-27(2)52)30-10-13-49(14-11-30)23-28-8-15-50(16-9-28)36-6-4-29(20-33(36)43)46-34-5-7-40(53)48-41(34)54/h4,6,18-22,24,28,30,34,46H,5,7-17,23,25H2,1-3H3,(H,44,45,52)(H,48,53,54)/t34?,42-/m0/s1. The molecule has 3 amide bonds. The lowest BCUT2D eigenvalue weighted by Crippen LogP contribution is -2.47. The predicted octanol–water partition coefficient (Wildman–Crippen LogP) is 5.54. The van der Waals surface area contributed by atoms with E-state index in [1.807, 2.05) is 18.3 Å². The van der Waals surface area contributed by atoms with Crippen LogP contribution in [0, 0.1) is 18.7 Å². The third kappa shape index (κ3) is 7.87. The second-order valence-electron chi connectivity index (χ2n) is 15.9. The number of rotatable bonds is 10. The number of carbonyl (C=O) groups is 3. The molecule has 0 saturated carbocycles. The molecule has 7 heterocycles. The topological polar surface area (TPSA) is 143 Å². The number of pyridine rings is 2. The first kappa shape index (κ1) is 38.0. The van der Waals surface area contributed by atoms with Gasteiger partial charge in [0.15, 0.2) is 0 Å². The van der Waals surface area contributed by atoms with E-state index < -0.39 is 11.6 Å². The lowest BCUT2D eigenvalue weighted by molar-refractivity contribution is -0.133. The molecule has 3 N–H and O–H groups in total. The Morgan fingerprint density at radius 3 is 2.57 bits per heavy atom. The average Bonchev–Trinajstić information content (AvgIpc) is 3.83. The van der Waals surface area contributed by atoms with Gasteiger partial charge < -0.3 is 34.5 Å². The Balaban J connectivity index is 0.916. The molecule has 1 aromatic carbocycles. The fourth-order valence-corrected chi connectivity index (χ4v) is 8.94. The van der Waals surface area contributed by atoms with E-state index in [4.69, 9.17) is 14.5 Å². The number of aryl methyl sites for hydroxylation is 1. The lowest BCUT2D eigenvalue weighted by Gasteiger charge is -2.38. The summed E-state index contributed by atoms with van der Waals surface area (Å²) >= 11 is 0. The minimum atomic E-state index is -0.578. The van der Waals surface area contributed by atoms with Gasteiger partial charge in [-0.25, -0.2) is 14.4 Å². The zero-order valence-corrected chi connectivity index (χ0v) is 32.4. The Bertz CT molecular complexity index is 2120. The van der Waals surface area contributed by atoms with Gasteiger partial charge in [0.1, 0.15) is 23.3 Å². The number of anilines is 3. The first-order valence-corrected chi connectivity index (χ1v) is 19.8. The van der Waals surface area contributed by atoms with Crippen molar-refractivity contribution in [3.05, 3.63) is 65.9 Å². The van der Waals surface area contributed by atoms with Crippen molar-refractivity contribution in [3.8, 4) is 11.3 Å².